The maximum atomic E-state index is 12.8. The Balaban J connectivity index is 1.86. The van der Waals surface area contributed by atoms with Gasteiger partial charge in [-0.25, -0.2) is 0 Å². The highest BCUT2D eigenvalue weighted by molar-refractivity contribution is 5.44. The zero-order chi connectivity index (χ0) is 15.0. The molecule has 114 valence electrons. The van der Waals surface area contributed by atoms with Crippen LogP contribution in [0, 0.1) is 0 Å². The van der Waals surface area contributed by atoms with E-state index in [0.717, 1.165) is 12.8 Å². The normalized spacial score (nSPS) is 23.4. The molecule has 1 N–H and O–H groups in total. The van der Waals surface area contributed by atoms with Gasteiger partial charge in [-0.3, -0.25) is 0 Å². The van der Waals surface area contributed by atoms with Crippen molar-refractivity contribution < 1.29 is 17.9 Å². The molecule has 3 rings (SSSR count). The van der Waals surface area contributed by atoms with Crippen molar-refractivity contribution in [1.82, 2.24) is 19.8 Å². The minimum atomic E-state index is -4.59. The molecule has 0 spiro atoms. The van der Waals surface area contributed by atoms with E-state index in [9.17, 15) is 13.2 Å². The molecular formula is C12H14F3N5O. The lowest BCUT2D eigenvalue weighted by atomic mass is 10.0. The van der Waals surface area contributed by atoms with Crippen molar-refractivity contribution in [1.29, 1.82) is 0 Å². The number of halogens is 3. The van der Waals surface area contributed by atoms with E-state index < -0.39 is 12.0 Å². The molecule has 0 saturated carbocycles. The van der Waals surface area contributed by atoms with Gasteiger partial charge in [0.05, 0.1) is 6.10 Å². The summed E-state index contributed by atoms with van der Waals surface area (Å²) < 4.78 is 44.5. The van der Waals surface area contributed by atoms with E-state index in [0.29, 0.717) is 16.9 Å². The SMILES string of the molecule is C[C@@H]1C[C@@H](Nc2ccc3nnc(C(F)(F)F)n3n2)CCO1. The molecular weight excluding hydrogens is 287 g/mol. The second-order valence-corrected chi connectivity index (χ2v) is 5.06. The lowest BCUT2D eigenvalue weighted by Gasteiger charge is -2.28. The van der Waals surface area contributed by atoms with E-state index in [4.69, 9.17) is 4.74 Å². The van der Waals surface area contributed by atoms with E-state index in [1.54, 1.807) is 6.07 Å². The molecule has 6 nitrogen and oxygen atoms in total. The number of hydrogen-bond acceptors (Lipinski definition) is 5. The number of nitrogens with one attached hydrogen (secondary N) is 1. The number of nitrogens with zero attached hydrogens (tertiary/aromatic N) is 4. The van der Waals surface area contributed by atoms with Gasteiger partial charge in [0.2, 0.25) is 0 Å². The van der Waals surface area contributed by atoms with Gasteiger partial charge in [-0.15, -0.1) is 15.3 Å². The highest BCUT2D eigenvalue weighted by atomic mass is 19.4. The van der Waals surface area contributed by atoms with Crippen molar-refractivity contribution in [2.75, 3.05) is 11.9 Å². The van der Waals surface area contributed by atoms with Crippen molar-refractivity contribution in [3.8, 4) is 0 Å². The minimum Gasteiger partial charge on any atom is -0.378 e. The molecule has 9 heteroatoms. The largest absolute Gasteiger partial charge is 0.453 e. The fraction of sp³-hybridized carbons (Fsp3) is 0.583. The maximum absolute atomic E-state index is 12.8. The predicted octanol–water partition coefficient (Wildman–Crippen LogP) is 2.12. The van der Waals surface area contributed by atoms with Crippen molar-refractivity contribution in [2.45, 2.75) is 38.1 Å². The van der Waals surface area contributed by atoms with E-state index in [-0.39, 0.29) is 17.8 Å². The van der Waals surface area contributed by atoms with Crippen LogP contribution in [0.4, 0.5) is 19.0 Å². The Morgan fingerprint density at radius 1 is 1.33 bits per heavy atom. The first-order valence-corrected chi connectivity index (χ1v) is 6.61. The van der Waals surface area contributed by atoms with Gasteiger partial charge >= 0.3 is 6.18 Å². The van der Waals surface area contributed by atoms with Gasteiger partial charge in [0.15, 0.2) is 5.65 Å². The number of rotatable bonds is 2. The first-order chi connectivity index (χ1) is 9.93. The zero-order valence-corrected chi connectivity index (χ0v) is 11.3. The predicted molar refractivity (Wildman–Crippen MR) is 67.8 cm³/mol. The molecule has 2 aromatic heterocycles. The van der Waals surface area contributed by atoms with Crippen LogP contribution < -0.4 is 5.32 Å². The summed E-state index contributed by atoms with van der Waals surface area (Å²) in [4.78, 5) is 0. The van der Waals surface area contributed by atoms with Gasteiger partial charge in [-0.2, -0.15) is 17.7 Å². The third-order valence-corrected chi connectivity index (χ3v) is 3.35. The Labute approximate surface area is 118 Å². The van der Waals surface area contributed by atoms with Crippen LogP contribution in [0.15, 0.2) is 12.1 Å². The molecule has 0 radical (unpaired) electrons. The lowest BCUT2D eigenvalue weighted by molar-refractivity contribution is -0.146. The van der Waals surface area contributed by atoms with Gasteiger partial charge in [-0.05, 0) is 31.9 Å². The topological polar surface area (TPSA) is 64.3 Å². The van der Waals surface area contributed by atoms with Crippen LogP contribution in [0.2, 0.25) is 0 Å². The van der Waals surface area contributed by atoms with Crippen molar-refractivity contribution in [2.24, 2.45) is 0 Å². The average Bonchev–Trinajstić information content (AvgIpc) is 2.81. The molecule has 1 aliphatic heterocycles. The maximum Gasteiger partial charge on any atom is 0.453 e. The van der Waals surface area contributed by atoms with E-state index in [2.05, 4.69) is 20.6 Å². The molecule has 2 atom stereocenters. The monoisotopic (exact) mass is 301 g/mol. The van der Waals surface area contributed by atoms with Crippen LogP contribution in [-0.4, -0.2) is 38.6 Å². The second-order valence-electron chi connectivity index (χ2n) is 5.06. The Morgan fingerprint density at radius 2 is 2.14 bits per heavy atom. The Morgan fingerprint density at radius 3 is 2.86 bits per heavy atom. The molecule has 0 aliphatic carbocycles. The molecule has 0 bridgehead atoms. The molecule has 1 aliphatic rings. The molecule has 1 saturated heterocycles. The molecule has 2 aromatic rings. The van der Waals surface area contributed by atoms with Gasteiger partial charge in [0.25, 0.3) is 5.82 Å². The number of hydrogen-bond donors (Lipinski definition) is 1. The summed E-state index contributed by atoms with van der Waals surface area (Å²) in [5.41, 5.74) is 0.0632. The smallest absolute Gasteiger partial charge is 0.378 e. The van der Waals surface area contributed by atoms with E-state index in [1.807, 2.05) is 6.92 Å². The summed E-state index contributed by atoms with van der Waals surface area (Å²) in [5, 5.41) is 13.7. The summed E-state index contributed by atoms with van der Waals surface area (Å²) in [6.07, 6.45) is -2.88. The Bertz CT molecular complexity index is 641. The molecule has 0 unspecified atom stereocenters. The van der Waals surface area contributed by atoms with Gasteiger partial charge < -0.3 is 10.1 Å². The standard InChI is InChI=1S/C12H14F3N5O/c1-7-6-8(4-5-21-7)16-9-2-3-10-17-18-11(12(13,14)15)20(10)19-9/h2-3,7-8H,4-6H2,1H3,(H,16,19)/t7-,8+/m1/s1. The van der Waals surface area contributed by atoms with E-state index in [1.165, 1.54) is 6.07 Å². The molecule has 21 heavy (non-hydrogen) atoms. The molecule has 1 fully saturated rings. The minimum absolute atomic E-state index is 0.0632. The first kappa shape index (κ1) is 14.1. The number of fused-ring (bicyclic) bond motifs is 1. The van der Waals surface area contributed by atoms with E-state index >= 15 is 0 Å². The fourth-order valence-electron chi connectivity index (χ4n) is 2.38. The Kier molecular flexibility index (Phi) is 3.44. The lowest BCUT2D eigenvalue weighted by Crippen LogP contribution is -2.32. The number of ether oxygens (including phenoxy) is 1. The van der Waals surface area contributed by atoms with Crippen LogP contribution in [0.5, 0.6) is 0 Å². The average molecular weight is 301 g/mol. The second kappa shape index (κ2) is 5.14. The fourth-order valence-corrected chi connectivity index (χ4v) is 2.38. The highest BCUT2D eigenvalue weighted by Crippen LogP contribution is 2.27. The molecule has 0 aromatic carbocycles. The van der Waals surface area contributed by atoms with Gasteiger partial charge in [-0.1, -0.05) is 0 Å². The number of aromatic nitrogens is 4. The number of anilines is 1. The Hall–Kier alpha value is -1.90. The quantitative estimate of drug-likeness (QED) is 0.920. The summed E-state index contributed by atoms with van der Waals surface area (Å²) in [6, 6.07) is 3.19. The zero-order valence-electron chi connectivity index (χ0n) is 11.3. The summed E-state index contributed by atoms with van der Waals surface area (Å²) >= 11 is 0. The van der Waals surface area contributed by atoms with Crippen molar-refractivity contribution in [3.05, 3.63) is 18.0 Å². The molecule has 3 heterocycles. The third-order valence-electron chi connectivity index (χ3n) is 3.35. The van der Waals surface area contributed by atoms with Crippen molar-refractivity contribution >= 4 is 11.5 Å². The number of alkyl halides is 3. The van der Waals surface area contributed by atoms with Crippen molar-refractivity contribution in [3.63, 3.8) is 0 Å². The molecule has 0 amide bonds. The van der Waals surface area contributed by atoms with Gasteiger partial charge in [0, 0.05) is 12.6 Å². The third kappa shape index (κ3) is 2.92. The highest BCUT2D eigenvalue weighted by Gasteiger charge is 2.37. The van der Waals surface area contributed by atoms with Crippen LogP contribution in [0.1, 0.15) is 25.6 Å². The first-order valence-electron chi connectivity index (χ1n) is 6.61. The summed E-state index contributed by atoms with van der Waals surface area (Å²) in [6.45, 7) is 2.59. The summed E-state index contributed by atoms with van der Waals surface area (Å²) in [5.74, 6) is -0.756. The summed E-state index contributed by atoms with van der Waals surface area (Å²) in [7, 11) is 0. The van der Waals surface area contributed by atoms with Gasteiger partial charge in [0.1, 0.15) is 5.82 Å². The van der Waals surface area contributed by atoms with Crippen LogP contribution in [0.3, 0.4) is 0 Å². The van der Waals surface area contributed by atoms with Crippen LogP contribution in [-0.2, 0) is 10.9 Å². The van der Waals surface area contributed by atoms with Crippen LogP contribution in [0.25, 0.3) is 5.65 Å². The van der Waals surface area contributed by atoms with Crippen LogP contribution >= 0.6 is 0 Å².